The van der Waals surface area contributed by atoms with Crippen molar-refractivity contribution in [3.8, 4) is 0 Å². The van der Waals surface area contributed by atoms with Crippen LogP contribution < -0.4 is 11.1 Å². The van der Waals surface area contributed by atoms with E-state index in [9.17, 15) is 10.1 Å². The fraction of sp³-hybridized carbons (Fsp3) is 0.167. The normalized spacial score (nSPS) is 12.1. The molecule has 1 heterocycles. The van der Waals surface area contributed by atoms with Crippen molar-refractivity contribution in [2.45, 2.75) is 13.0 Å². The third kappa shape index (κ3) is 2.42. The van der Waals surface area contributed by atoms with Crippen molar-refractivity contribution in [3.63, 3.8) is 0 Å². The van der Waals surface area contributed by atoms with E-state index in [0.29, 0.717) is 11.4 Å². The Bertz CT molecular complexity index is 552. The Morgan fingerprint density at radius 1 is 1.44 bits per heavy atom. The van der Waals surface area contributed by atoms with Crippen LogP contribution in [-0.2, 0) is 0 Å². The van der Waals surface area contributed by atoms with Gasteiger partial charge in [0.2, 0.25) is 0 Å². The number of hydrogen-bond acceptors (Lipinski definition) is 5. The van der Waals surface area contributed by atoms with Crippen molar-refractivity contribution < 1.29 is 9.34 Å². The molecule has 0 aliphatic carbocycles. The molecule has 94 valence electrons. The lowest BCUT2D eigenvalue weighted by molar-refractivity contribution is -0.384. The summed E-state index contributed by atoms with van der Waals surface area (Å²) >= 11 is 0. The summed E-state index contributed by atoms with van der Waals surface area (Å²) in [6.45, 7) is 1.92. The molecule has 0 radical (unpaired) electrons. The minimum absolute atomic E-state index is 0.0244. The monoisotopic (exact) mass is 247 g/mol. The minimum atomic E-state index is -0.476. The van der Waals surface area contributed by atoms with Crippen molar-refractivity contribution in [1.29, 1.82) is 0 Å². The lowest BCUT2D eigenvalue weighted by atomic mass is 10.2. The van der Waals surface area contributed by atoms with Gasteiger partial charge in [-0.15, -0.1) is 0 Å². The number of nitro groups is 1. The van der Waals surface area contributed by atoms with Gasteiger partial charge < -0.3 is 15.5 Å². The molecule has 0 aliphatic heterocycles. The molecular formula is C12H13N3O3. The lowest BCUT2D eigenvalue weighted by Gasteiger charge is -2.14. The van der Waals surface area contributed by atoms with E-state index >= 15 is 0 Å². The van der Waals surface area contributed by atoms with E-state index in [1.54, 1.807) is 18.4 Å². The summed E-state index contributed by atoms with van der Waals surface area (Å²) in [4.78, 5) is 10.1. The summed E-state index contributed by atoms with van der Waals surface area (Å²) in [5.41, 5.74) is 6.72. The van der Waals surface area contributed by atoms with Crippen LogP contribution in [0.3, 0.4) is 0 Å². The Morgan fingerprint density at radius 3 is 2.78 bits per heavy atom. The minimum Gasteiger partial charge on any atom is -0.467 e. The van der Waals surface area contributed by atoms with Crippen molar-refractivity contribution >= 4 is 17.1 Å². The van der Waals surface area contributed by atoms with E-state index in [1.807, 2.05) is 13.0 Å². The number of nitrogens with zero attached hydrogens (tertiary/aromatic N) is 1. The third-order valence-corrected chi connectivity index (χ3v) is 2.59. The number of furan rings is 1. The molecule has 6 nitrogen and oxygen atoms in total. The number of nitrogens with one attached hydrogen (secondary N) is 1. The molecule has 2 rings (SSSR count). The average Bonchev–Trinajstić information content (AvgIpc) is 2.85. The van der Waals surface area contributed by atoms with Gasteiger partial charge in [-0.2, -0.15) is 0 Å². The fourth-order valence-corrected chi connectivity index (χ4v) is 1.64. The van der Waals surface area contributed by atoms with Gasteiger partial charge in [0.25, 0.3) is 5.69 Å². The Morgan fingerprint density at radius 2 is 2.22 bits per heavy atom. The Kier molecular flexibility index (Phi) is 3.18. The van der Waals surface area contributed by atoms with Crippen LogP contribution in [0, 0.1) is 10.1 Å². The van der Waals surface area contributed by atoms with E-state index < -0.39 is 4.92 Å². The first kappa shape index (κ1) is 12.0. The van der Waals surface area contributed by atoms with Crippen LogP contribution in [0.2, 0.25) is 0 Å². The molecular weight excluding hydrogens is 234 g/mol. The molecule has 0 fully saturated rings. The van der Waals surface area contributed by atoms with Crippen molar-refractivity contribution in [3.05, 3.63) is 52.5 Å². The maximum Gasteiger partial charge on any atom is 0.271 e. The average molecular weight is 247 g/mol. The van der Waals surface area contributed by atoms with Gasteiger partial charge in [0, 0.05) is 12.1 Å². The predicted octanol–water partition coefficient (Wildman–Crippen LogP) is 2.94. The molecule has 3 N–H and O–H groups in total. The number of anilines is 2. The Balaban J connectivity index is 2.17. The summed E-state index contributed by atoms with van der Waals surface area (Å²) in [6, 6.07) is 7.91. The van der Waals surface area contributed by atoms with Crippen LogP contribution in [0.4, 0.5) is 17.1 Å². The second kappa shape index (κ2) is 4.79. The van der Waals surface area contributed by atoms with Crippen LogP contribution in [0.25, 0.3) is 0 Å². The standard InChI is InChI=1S/C12H13N3O3/c1-8(12-3-2-6-18-12)14-11-5-4-9(15(16)17)7-10(11)13/h2-8,14H,13H2,1H3. The molecule has 2 aromatic rings. The topological polar surface area (TPSA) is 94.3 Å². The van der Waals surface area contributed by atoms with E-state index in [-0.39, 0.29) is 11.7 Å². The molecule has 0 saturated carbocycles. The summed E-state index contributed by atoms with van der Waals surface area (Å²) < 4.78 is 5.26. The number of nitrogens with two attached hydrogens (primary N) is 1. The van der Waals surface area contributed by atoms with Gasteiger partial charge in [-0.1, -0.05) is 0 Å². The second-order valence-electron chi connectivity index (χ2n) is 3.91. The number of non-ortho nitro benzene ring substituents is 1. The molecule has 0 spiro atoms. The lowest BCUT2D eigenvalue weighted by Crippen LogP contribution is -2.07. The zero-order valence-corrected chi connectivity index (χ0v) is 9.79. The van der Waals surface area contributed by atoms with Crippen LogP contribution in [0.5, 0.6) is 0 Å². The van der Waals surface area contributed by atoms with Gasteiger partial charge in [0.15, 0.2) is 0 Å². The number of hydrogen-bond donors (Lipinski definition) is 2. The zero-order valence-electron chi connectivity index (χ0n) is 9.79. The smallest absolute Gasteiger partial charge is 0.271 e. The molecule has 1 unspecified atom stereocenters. The maximum absolute atomic E-state index is 10.6. The quantitative estimate of drug-likeness (QED) is 0.492. The first-order valence-electron chi connectivity index (χ1n) is 5.42. The van der Waals surface area contributed by atoms with Gasteiger partial charge in [0.1, 0.15) is 5.76 Å². The first-order valence-corrected chi connectivity index (χ1v) is 5.42. The van der Waals surface area contributed by atoms with E-state index in [0.717, 1.165) is 5.76 Å². The third-order valence-electron chi connectivity index (χ3n) is 2.59. The zero-order chi connectivity index (χ0) is 13.1. The highest BCUT2D eigenvalue weighted by molar-refractivity contribution is 5.69. The summed E-state index contributed by atoms with van der Waals surface area (Å²) in [5, 5.41) is 13.7. The number of nitro benzene ring substituents is 1. The highest BCUT2D eigenvalue weighted by Gasteiger charge is 2.12. The molecule has 0 saturated heterocycles. The molecule has 18 heavy (non-hydrogen) atoms. The van der Waals surface area contributed by atoms with Crippen molar-refractivity contribution in [2.75, 3.05) is 11.1 Å². The van der Waals surface area contributed by atoms with E-state index in [1.165, 1.54) is 12.1 Å². The van der Waals surface area contributed by atoms with Crippen LogP contribution in [0.15, 0.2) is 41.0 Å². The molecule has 0 bridgehead atoms. The molecule has 6 heteroatoms. The predicted molar refractivity (Wildman–Crippen MR) is 68.3 cm³/mol. The van der Waals surface area contributed by atoms with Gasteiger partial charge in [0.05, 0.1) is 28.6 Å². The van der Waals surface area contributed by atoms with Crippen LogP contribution in [0.1, 0.15) is 18.7 Å². The SMILES string of the molecule is CC(Nc1ccc([N+](=O)[O-])cc1N)c1ccco1. The molecule has 1 atom stereocenters. The second-order valence-corrected chi connectivity index (χ2v) is 3.91. The molecule has 1 aromatic heterocycles. The highest BCUT2D eigenvalue weighted by Crippen LogP contribution is 2.27. The summed E-state index contributed by atoms with van der Waals surface area (Å²) in [6.07, 6.45) is 1.59. The molecule has 1 aromatic carbocycles. The number of benzene rings is 1. The number of rotatable bonds is 4. The molecule has 0 aliphatic rings. The highest BCUT2D eigenvalue weighted by atomic mass is 16.6. The summed E-state index contributed by atoms with van der Waals surface area (Å²) in [7, 11) is 0. The van der Waals surface area contributed by atoms with Crippen molar-refractivity contribution in [1.82, 2.24) is 0 Å². The van der Waals surface area contributed by atoms with Gasteiger partial charge in [-0.3, -0.25) is 10.1 Å². The largest absolute Gasteiger partial charge is 0.467 e. The van der Waals surface area contributed by atoms with E-state index in [2.05, 4.69) is 5.32 Å². The first-order chi connectivity index (χ1) is 8.58. The molecule has 0 amide bonds. The van der Waals surface area contributed by atoms with Crippen LogP contribution >= 0.6 is 0 Å². The summed E-state index contributed by atoms with van der Waals surface area (Å²) in [5.74, 6) is 0.771. The fourth-order valence-electron chi connectivity index (χ4n) is 1.64. The van der Waals surface area contributed by atoms with Gasteiger partial charge in [-0.25, -0.2) is 0 Å². The van der Waals surface area contributed by atoms with E-state index in [4.69, 9.17) is 10.2 Å². The Hall–Kier alpha value is -2.50. The van der Waals surface area contributed by atoms with Crippen molar-refractivity contribution in [2.24, 2.45) is 0 Å². The maximum atomic E-state index is 10.6. The van der Waals surface area contributed by atoms with Crippen LogP contribution in [-0.4, -0.2) is 4.92 Å². The van der Waals surface area contributed by atoms with Gasteiger partial charge >= 0.3 is 0 Å². The number of nitrogen functional groups attached to an aromatic ring is 1. The van der Waals surface area contributed by atoms with Gasteiger partial charge in [-0.05, 0) is 25.1 Å². The Labute approximate surface area is 104 Å².